The zero-order valence-electron chi connectivity index (χ0n) is 9.76. The van der Waals surface area contributed by atoms with Crippen molar-refractivity contribution in [2.24, 2.45) is 5.92 Å². The molecule has 0 radical (unpaired) electrons. The first-order valence-corrected chi connectivity index (χ1v) is 5.58. The summed E-state index contributed by atoms with van der Waals surface area (Å²) in [6.07, 6.45) is 0.945. The van der Waals surface area contributed by atoms with Crippen LogP contribution in [0.25, 0.3) is 0 Å². The molecule has 17 heavy (non-hydrogen) atoms. The average molecular weight is 236 g/mol. The first-order valence-electron chi connectivity index (χ1n) is 5.58. The number of esters is 1. The molecule has 0 amide bonds. The Hall–Kier alpha value is -1.84. The molecule has 1 N–H and O–H groups in total. The number of ether oxygens (including phenoxy) is 1. The van der Waals surface area contributed by atoms with Gasteiger partial charge in [-0.2, -0.15) is 0 Å². The van der Waals surface area contributed by atoms with Crippen molar-refractivity contribution in [3.63, 3.8) is 0 Å². The predicted octanol–water partition coefficient (Wildman–Crippen LogP) is 2.23. The zero-order valence-corrected chi connectivity index (χ0v) is 9.76. The Morgan fingerprint density at radius 3 is 2.47 bits per heavy atom. The molecule has 0 saturated carbocycles. The maximum absolute atomic E-state index is 11.5. The summed E-state index contributed by atoms with van der Waals surface area (Å²) in [6.45, 7) is 1.95. The molecule has 92 valence electrons. The van der Waals surface area contributed by atoms with Gasteiger partial charge in [0.15, 0.2) is 5.92 Å². The molecule has 4 heteroatoms. The zero-order chi connectivity index (χ0) is 12.7. The summed E-state index contributed by atoms with van der Waals surface area (Å²) >= 11 is 0. The summed E-state index contributed by atoms with van der Waals surface area (Å²) in [7, 11) is 0. The van der Waals surface area contributed by atoms with E-state index in [0.717, 1.165) is 5.56 Å². The van der Waals surface area contributed by atoms with Crippen LogP contribution in [-0.2, 0) is 20.9 Å². The van der Waals surface area contributed by atoms with Crippen LogP contribution in [0.15, 0.2) is 30.3 Å². The van der Waals surface area contributed by atoms with Gasteiger partial charge in [-0.3, -0.25) is 9.59 Å². The van der Waals surface area contributed by atoms with E-state index in [-0.39, 0.29) is 6.61 Å². The van der Waals surface area contributed by atoms with Crippen molar-refractivity contribution >= 4 is 11.9 Å². The number of aliphatic carboxylic acids is 1. The minimum absolute atomic E-state index is 0.118. The molecule has 0 spiro atoms. The third-order valence-corrected chi connectivity index (χ3v) is 2.38. The molecule has 4 nitrogen and oxygen atoms in total. The highest BCUT2D eigenvalue weighted by Crippen LogP contribution is 2.11. The maximum Gasteiger partial charge on any atom is 0.320 e. The number of carbonyl (C=O) groups excluding carboxylic acids is 1. The Morgan fingerprint density at radius 1 is 1.29 bits per heavy atom. The van der Waals surface area contributed by atoms with Gasteiger partial charge in [-0.05, 0) is 12.0 Å². The number of carboxylic acid groups (broad SMARTS) is 1. The van der Waals surface area contributed by atoms with Gasteiger partial charge in [0.1, 0.15) is 6.61 Å². The van der Waals surface area contributed by atoms with Gasteiger partial charge in [0.05, 0.1) is 0 Å². The molecule has 0 bridgehead atoms. The van der Waals surface area contributed by atoms with Crippen molar-refractivity contribution in [1.82, 2.24) is 0 Å². The molecular formula is C13H16O4. The molecule has 1 atom stereocenters. The van der Waals surface area contributed by atoms with Gasteiger partial charge in [0, 0.05) is 0 Å². The monoisotopic (exact) mass is 236 g/mol. The summed E-state index contributed by atoms with van der Waals surface area (Å²) in [6, 6.07) is 9.18. The average Bonchev–Trinajstić information content (AvgIpc) is 2.34. The van der Waals surface area contributed by atoms with E-state index in [4.69, 9.17) is 9.84 Å². The highest BCUT2D eigenvalue weighted by molar-refractivity contribution is 5.93. The van der Waals surface area contributed by atoms with Crippen molar-refractivity contribution in [2.45, 2.75) is 26.4 Å². The molecule has 0 aliphatic rings. The number of rotatable bonds is 6. The van der Waals surface area contributed by atoms with E-state index in [1.54, 1.807) is 0 Å². The normalized spacial score (nSPS) is 11.8. The SMILES string of the molecule is CCCC(C(=O)O)C(=O)OCc1ccccc1. The van der Waals surface area contributed by atoms with Crippen molar-refractivity contribution < 1.29 is 19.4 Å². The van der Waals surface area contributed by atoms with Crippen LogP contribution in [-0.4, -0.2) is 17.0 Å². The fourth-order valence-electron chi connectivity index (χ4n) is 1.46. The Kier molecular flexibility index (Phi) is 5.20. The maximum atomic E-state index is 11.5. The van der Waals surface area contributed by atoms with Crippen LogP contribution in [0, 0.1) is 5.92 Å². The summed E-state index contributed by atoms with van der Waals surface area (Å²) in [5.41, 5.74) is 0.849. The van der Waals surface area contributed by atoms with E-state index in [1.165, 1.54) is 0 Å². The van der Waals surface area contributed by atoms with Crippen LogP contribution in [0.2, 0.25) is 0 Å². The Balaban J connectivity index is 2.50. The second-order valence-corrected chi connectivity index (χ2v) is 3.77. The van der Waals surface area contributed by atoms with Gasteiger partial charge in [0.2, 0.25) is 0 Å². The summed E-state index contributed by atoms with van der Waals surface area (Å²) in [5.74, 6) is -2.84. The molecule has 1 aromatic rings. The van der Waals surface area contributed by atoms with Crippen LogP contribution in [0.4, 0.5) is 0 Å². The van der Waals surface area contributed by atoms with Gasteiger partial charge >= 0.3 is 11.9 Å². The Labute approximate surface area is 100 Å². The third-order valence-electron chi connectivity index (χ3n) is 2.38. The Morgan fingerprint density at radius 2 is 1.94 bits per heavy atom. The second-order valence-electron chi connectivity index (χ2n) is 3.77. The van der Waals surface area contributed by atoms with Crippen molar-refractivity contribution in [3.8, 4) is 0 Å². The standard InChI is InChI=1S/C13H16O4/c1-2-6-11(12(14)15)13(16)17-9-10-7-4-3-5-8-10/h3-5,7-8,11H,2,6,9H2,1H3,(H,14,15). The third kappa shape index (κ3) is 4.26. The number of carboxylic acids is 1. The van der Waals surface area contributed by atoms with E-state index < -0.39 is 17.9 Å². The van der Waals surface area contributed by atoms with Crippen LogP contribution >= 0.6 is 0 Å². The topological polar surface area (TPSA) is 63.6 Å². The van der Waals surface area contributed by atoms with Crippen molar-refractivity contribution in [3.05, 3.63) is 35.9 Å². The molecule has 0 heterocycles. The summed E-state index contributed by atoms with van der Waals surface area (Å²) in [5, 5.41) is 8.87. The molecule has 0 saturated heterocycles. The fraction of sp³-hybridized carbons (Fsp3) is 0.385. The highest BCUT2D eigenvalue weighted by atomic mass is 16.5. The second kappa shape index (κ2) is 6.68. The molecule has 1 unspecified atom stereocenters. The lowest BCUT2D eigenvalue weighted by atomic mass is 10.0. The number of hydrogen-bond donors (Lipinski definition) is 1. The lowest BCUT2D eigenvalue weighted by Crippen LogP contribution is -2.25. The summed E-state index contributed by atoms with van der Waals surface area (Å²) in [4.78, 5) is 22.4. The van der Waals surface area contributed by atoms with Gasteiger partial charge in [0.25, 0.3) is 0 Å². The van der Waals surface area contributed by atoms with Crippen LogP contribution < -0.4 is 0 Å². The number of carbonyl (C=O) groups is 2. The quantitative estimate of drug-likeness (QED) is 0.607. The number of hydrogen-bond acceptors (Lipinski definition) is 3. The number of benzene rings is 1. The van der Waals surface area contributed by atoms with E-state index >= 15 is 0 Å². The molecule has 0 aliphatic carbocycles. The first kappa shape index (κ1) is 13.2. The van der Waals surface area contributed by atoms with Crippen LogP contribution in [0.1, 0.15) is 25.3 Å². The molecule has 1 rings (SSSR count). The van der Waals surface area contributed by atoms with Crippen LogP contribution in [0.3, 0.4) is 0 Å². The van der Waals surface area contributed by atoms with Crippen molar-refractivity contribution in [2.75, 3.05) is 0 Å². The van der Waals surface area contributed by atoms with Gasteiger partial charge < -0.3 is 9.84 Å². The van der Waals surface area contributed by atoms with E-state index in [2.05, 4.69) is 0 Å². The smallest absolute Gasteiger partial charge is 0.320 e. The Bertz CT molecular complexity index is 372. The minimum Gasteiger partial charge on any atom is -0.481 e. The predicted molar refractivity (Wildman–Crippen MR) is 62.3 cm³/mol. The van der Waals surface area contributed by atoms with Gasteiger partial charge in [-0.25, -0.2) is 0 Å². The fourth-order valence-corrected chi connectivity index (χ4v) is 1.46. The first-order chi connectivity index (χ1) is 8.15. The molecular weight excluding hydrogens is 220 g/mol. The van der Waals surface area contributed by atoms with E-state index in [9.17, 15) is 9.59 Å². The summed E-state index contributed by atoms with van der Waals surface area (Å²) < 4.78 is 4.98. The molecule has 0 fully saturated rings. The van der Waals surface area contributed by atoms with Crippen LogP contribution in [0.5, 0.6) is 0 Å². The lowest BCUT2D eigenvalue weighted by Gasteiger charge is -2.10. The highest BCUT2D eigenvalue weighted by Gasteiger charge is 2.26. The van der Waals surface area contributed by atoms with E-state index in [1.807, 2.05) is 37.3 Å². The van der Waals surface area contributed by atoms with Gasteiger partial charge in [-0.1, -0.05) is 43.7 Å². The largest absolute Gasteiger partial charge is 0.481 e. The lowest BCUT2D eigenvalue weighted by molar-refractivity contribution is -0.159. The molecule has 0 aromatic heterocycles. The molecule has 0 aliphatic heterocycles. The van der Waals surface area contributed by atoms with Gasteiger partial charge in [-0.15, -0.1) is 0 Å². The minimum atomic E-state index is -1.12. The van der Waals surface area contributed by atoms with E-state index in [0.29, 0.717) is 12.8 Å². The molecule has 1 aromatic carbocycles. The van der Waals surface area contributed by atoms with Crippen molar-refractivity contribution in [1.29, 1.82) is 0 Å².